The van der Waals surface area contributed by atoms with Crippen LogP contribution in [0.5, 0.6) is 11.5 Å². The lowest BCUT2D eigenvalue weighted by molar-refractivity contribution is -0.152. The highest BCUT2D eigenvalue weighted by Crippen LogP contribution is 2.40. The Bertz CT molecular complexity index is 726. The number of benzene rings is 2. The van der Waals surface area contributed by atoms with Gasteiger partial charge in [0.1, 0.15) is 11.5 Å². The predicted molar refractivity (Wildman–Crippen MR) is 98.8 cm³/mol. The lowest BCUT2D eigenvalue weighted by Gasteiger charge is -2.32. The maximum absolute atomic E-state index is 11.8. The molecule has 3 rings (SSSR count). The van der Waals surface area contributed by atoms with Gasteiger partial charge in [-0.05, 0) is 49.2 Å². The van der Waals surface area contributed by atoms with Crippen LogP contribution in [0, 0.1) is 5.41 Å². The zero-order chi connectivity index (χ0) is 17.7. The maximum Gasteiger partial charge on any atom is 0.310 e. The van der Waals surface area contributed by atoms with E-state index in [2.05, 4.69) is 0 Å². The number of hydrogen-bond donors (Lipinski definition) is 1. The van der Waals surface area contributed by atoms with Crippen molar-refractivity contribution in [2.75, 3.05) is 19.0 Å². The molecule has 0 aliphatic carbocycles. The fourth-order valence-corrected chi connectivity index (χ4v) is 4.08. The smallest absolute Gasteiger partial charge is 0.310 e. The topological polar surface area (TPSA) is 55.8 Å². The van der Waals surface area contributed by atoms with Crippen molar-refractivity contribution in [2.45, 2.75) is 17.7 Å². The quantitative estimate of drug-likeness (QED) is 0.708. The molecule has 6 heteroatoms. The number of para-hydroxylation sites is 1. The molecule has 132 valence electrons. The highest BCUT2D eigenvalue weighted by atomic mass is 35.5. The van der Waals surface area contributed by atoms with Crippen LogP contribution in [0.15, 0.2) is 53.4 Å². The summed E-state index contributed by atoms with van der Waals surface area (Å²) in [4.78, 5) is 12.7. The number of halogens is 1. The maximum atomic E-state index is 11.8. The molecule has 1 fully saturated rings. The Balaban J connectivity index is 1.74. The summed E-state index contributed by atoms with van der Waals surface area (Å²) in [6.07, 6.45) is 1.07. The first-order valence-corrected chi connectivity index (χ1v) is 9.42. The van der Waals surface area contributed by atoms with E-state index in [0.717, 1.165) is 4.90 Å². The summed E-state index contributed by atoms with van der Waals surface area (Å²) in [7, 11) is 0. The van der Waals surface area contributed by atoms with Crippen LogP contribution in [-0.2, 0) is 9.53 Å². The second-order valence-corrected chi connectivity index (χ2v) is 7.44. The van der Waals surface area contributed by atoms with E-state index >= 15 is 0 Å². The van der Waals surface area contributed by atoms with Gasteiger partial charge in [-0.15, -0.1) is 11.8 Å². The van der Waals surface area contributed by atoms with Crippen LogP contribution in [-0.4, -0.2) is 30.0 Å². The molecule has 0 unspecified atom stereocenters. The fraction of sp³-hybridized carbons (Fsp3) is 0.316. The van der Waals surface area contributed by atoms with Crippen LogP contribution >= 0.6 is 23.4 Å². The van der Waals surface area contributed by atoms with Gasteiger partial charge in [0.05, 0.1) is 10.3 Å². The summed E-state index contributed by atoms with van der Waals surface area (Å²) in [5.74, 6) is 1.14. The molecule has 1 saturated heterocycles. The Morgan fingerprint density at radius 3 is 2.52 bits per heavy atom. The lowest BCUT2D eigenvalue weighted by Crippen LogP contribution is -2.39. The molecule has 1 heterocycles. The molecule has 0 aromatic heterocycles. The lowest BCUT2D eigenvalue weighted by atomic mass is 9.82. The largest absolute Gasteiger partial charge is 0.481 e. The van der Waals surface area contributed by atoms with Gasteiger partial charge in [0.15, 0.2) is 0 Å². The molecule has 0 spiro atoms. The molecular weight excluding hydrogens is 360 g/mol. The van der Waals surface area contributed by atoms with Crippen LogP contribution in [0.25, 0.3) is 0 Å². The highest BCUT2D eigenvalue weighted by Gasteiger charge is 2.40. The number of aliphatic carboxylic acids is 1. The van der Waals surface area contributed by atoms with Crippen molar-refractivity contribution in [2.24, 2.45) is 5.41 Å². The Hall–Kier alpha value is -1.69. The third-order valence-electron chi connectivity index (χ3n) is 4.30. The zero-order valence-corrected chi connectivity index (χ0v) is 15.2. The minimum atomic E-state index is -0.751. The third-order valence-corrected chi connectivity index (χ3v) is 5.90. The molecule has 25 heavy (non-hydrogen) atoms. The Labute approximate surface area is 156 Å². The van der Waals surface area contributed by atoms with E-state index in [-0.39, 0.29) is 0 Å². The molecular formula is C19H19ClO4S. The number of carbonyl (C=O) groups is 1. The molecule has 0 amide bonds. The number of hydrogen-bond acceptors (Lipinski definition) is 4. The molecule has 2 aromatic carbocycles. The van der Waals surface area contributed by atoms with Crippen molar-refractivity contribution < 1.29 is 19.4 Å². The first-order chi connectivity index (χ1) is 12.1. The van der Waals surface area contributed by atoms with E-state index < -0.39 is 11.4 Å². The summed E-state index contributed by atoms with van der Waals surface area (Å²) in [5, 5.41) is 10.3. The monoisotopic (exact) mass is 378 g/mol. The summed E-state index contributed by atoms with van der Waals surface area (Å²) >= 11 is 7.42. The van der Waals surface area contributed by atoms with Gasteiger partial charge in [0, 0.05) is 24.0 Å². The molecule has 1 aliphatic heterocycles. The first-order valence-electron chi connectivity index (χ1n) is 8.05. The van der Waals surface area contributed by atoms with E-state index in [1.807, 2.05) is 24.3 Å². The second kappa shape index (κ2) is 8.13. The Kier molecular flexibility index (Phi) is 5.89. The van der Waals surface area contributed by atoms with Crippen LogP contribution in [0.3, 0.4) is 0 Å². The molecule has 2 aromatic rings. The van der Waals surface area contributed by atoms with E-state index in [4.69, 9.17) is 21.1 Å². The molecule has 1 N–H and O–H groups in total. The Morgan fingerprint density at radius 2 is 1.84 bits per heavy atom. The highest BCUT2D eigenvalue weighted by molar-refractivity contribution is 7.99. The number of rotatable bonds is 6. The van der Waals surface area contributed by atoms with E-state index in [1.54, 1.807) is 24.3 Å². The van der Waals surface area contributed by atoms with Crippen molar-refractivity contribution in [1.82, 2.24) is 0 Å². The minimum Gasteiger partial charge on any atom is -0.481 e. The van der Waals surface area contributed by atoms with Gasteiger partial charge >= 0.3 is 5.97 Å². The van der Waals surface area contributed by atoms with Crippen LogP contribution in [0.2, 0.25) is 5.02 Å². The Morgan fingerprint density at radius 1 is 1.16 bits per heavy atom. The normalized spacial score (nSPS) is 16.4. The SMILES string of the molecule is O=C(O)C1(CSc2ccccc2Oc2ccc(Cl)cc2)CCOCC1. The molecule has 0 radical (unpaired) electrons. The third kappa shape index (κ3) is 4.48. The van der Waals surface area contributed by atoms with E-state index in [1.165, 1.54) is 11.8 Å². The van der Waals surface area contributed by atoms with Crippen molar-refractivity contribution >= 4 is 29.3 Å². The molecule has 0 bridgehead atoms. The number of carboxylic acids is 1. The van der Waals surface area contributed by atoms with Gasteiger partial charge < -0.3 is 14.6 Å². The van der Waals surface area contributed by atoms with Crippen molar-refractivity contribution in [3.63, 3.8) is 0 Å². The van der Waals surface area contributed by atoms with Crippen LogP contribution in [0.1, 0.15) is 12.8 Å². The van der Waals surface area contributed by atoms with Gasteiger partial charge in [-0.1, -0.05) is 23.7 Å². The van der Waals surface area contributed by atoms with E-state index in [0.29, 0.717) is 48.3 Å². The van der Waals surface area contributed by atoms with Gasteiger partial charge in [-0.3, -0.25) is 4.79 Å². The summed E-state index contributed by atoms with van der Waals surface area (Å²) in [6, 6.07) is 14.8. The number of thioether (sulfide) groups is 1. The van der Waals surface area contributed by atoms with Crippen LogP contribution < -0.4 is 4.74 Å². The van der Waals surface area contributed by atoms with Gasteiger partial charge in [-0.2, -0.15) is 0 Å². The standard InChI is InChI=1S/C19H19ClO4S/c20-14-5-7-15(8-6-14)24-16-3-1-2-4-17(16)25-13-19(18(21)22)9-11-23-12-10-19/h1-8H,9-13H2,(H,21,22). The predicted octanol–water partition coefficient (Wildman–Crippen LogP) is 5.11. The average molecular weight is 379 g/mol. The number of ether oxygens (including phenoxy) is 2. The minimum absolute atomic E-state index is 0.493. The van der Waals surface area contributed by atoms with Crippen molar-refractivity contribution in [3.05, 3.63) is 53.6 Å². The molecule has 1 aliphatic rings. The molecule has 0 atom stereocenters. The van der Waals surface area contributed by atoms with Gasteiger partial charge in [0.2, 0.25) is 0 Å². The summed E-state index contributed by atoms with van der Waals surface area (Å²) < 4.78 is 11.3. The summed E-state index contributed by atoms with van der Waals surface area (Å²) in [6.45, 7) is 0.992. The summed E-state index contributed by atoms with van der Waals surface area (Å²) in [5.41, 5.74) is -0.740. The first kappa shape index (κ1) is 18.1. The number of carboxylic acid groups (broad SMARTS) is 1. The zero-order valence-electron chi connectivity index (χ0n) is 13.6. The second-order valence-electron chi connectivity index (χ2n) is 5.99. The van der Waals surface area contributed by atoms with Gasteiger partial charge in [-0.25, -0.2) is 0 Å². The van der Waals surface area contributed by atoms with Crippen molar-refractivity contribution in [3.8, 4) is 11.5 Å². The molecule has 0 saturated carbocycles. The van der Waals surface area contributed by atoms with Crippen LogP contribution in [0.4, 0.5) is 0 Å². The fourth-order valence-electron chi connectivity index (χ4n) is 2.68. The molecule has 4 nitrogen and oxygen atoms in total. The van der Waals surface area contributed by atoms with E-state index in [9.17, 15) is 9.90 Å². The van der Waals surface area contributed by atoms with Crippen molar-refractivity contribution in [1.29, 1.82) is 0 Å². The van der Waals surface area contributed by atoms with Gasteiger partial charge in [0.25, 0.3) is 0 Å². The average Bonchev–Trinajstić information content (AvgIpc) is 2.63.